The molecule has 0 unspecified atom stereocenters. The van der Waals surface area contributed by atoms with Gasteiger partial charge in [0.2, 0.25) is 11.8 Å². The van der Waals surface area contributed by atoms with Crippen LogP contribution in [-0.4, -0.2) is 28.7 Å². The quantitative estimate of drug-likeness (QED) is 0.703. The van der Waals surface area contributed by atoms with Crippen LogP contribution in [0.3, 0.4) is 0 Å². The molecule has 0 bridgehead atoms. The Morgan fingerprint density at radius 2 is 2.07 bits per heavy atom. The van der Waals surface area contributed by atoms with Gasteiger partial charge in [0.1, 0.15) is 17.6 Å². The molecular formula is C20H17ClN4O3. The van der Waals surface area contributed by atoms with Gasteiger partial charge in [-0.3, -0.25) is 9.59 Å². The number of para-hydroxylation sites is 1. The molecule has 0 spiro atoms. The first kappa shape index (κ1) is 18.1. The van der Waals surface area contributed by atoms with Crippen molar-refractivity contribution >= 4 is 34.9 Å². The Hall–Kier alpha value is -3.32. The topological polar surface area (TPSA) is 85.2 Å². The van der Waals surface area contributed by atoms with Crippen LogP contribution in [0.15, 0.2) is 54.7 Å². The normalized spacial score (nSPS) is 15.5. The number of aromatic nitrogens is 2. The highest BCUT2D eigenvalue weighted by atomic mass is 35.5. The molecule has 2 heterocycles. The van der Waals surface area contributed by atoms with E-state index < -0.39 is 6.04 Å². The number of halogens is 1. The summed E-state index contributed by atoms with van der Waals surface area (Å²) in [7, 11) is 1.58. The molecule has 142 valence electrons. The van der Waals surface area contributed by atoms with Gasteiger partial charge < -0.3 is 15.4 Å². The van der Waals surface area contributed by atoms with Gasteiger partial charge in [-0.05, 0) is 24.3 Å². The third kappa shape index (κ3) is 3.32. The minimum absolute atomic E-state index is 0.00750. The van der Waals surface area contributed by atoms with Gasteiger partial charge in [0.15, 0.2) is 0 Å². The fraction of sp³-hybridized carbons (Fsp3) is 0.150. The highest BCUT2D eigenvalue weighted by Gasteiger charge is 2.33. The smallest absolute Gasteiger partial charge is 0.249 e. The molecule has 7 nitrogen and oxygen atoms in total. The predicted molar refractivity (Wildman–Crippen MR) is 107 cm³/mol. The summed E-state index contributed by atoms with van der Waals surface area (Å²) in [6, 6.07) is 13.5. The van der Waals surface area contributed by atoms with Crippen molar-refractivity contribution in [2.45, 2.75) is 12.5 Å². The van der Waals surface area contributed by atoms with Crippen LogP contribution >= 0.6 is 11.6 Å². The summed E-state index contributed by atoms with van der Waals surface area (Å²) in [5, 5.41) is 10.5. The Bertz CT molecular complexity index is 1060. The molecule has 8 heteroatoms. The first-order valence-corrected chi connectivity index (χ1v) is 9.02. The van der Waals surface area contributed by atoms with E-state index in [9.17, 15) is 9.59 Å². The lowest BCUT2D eigenvalue weighted by molar-refractivity contribution is -0.125. The number of carbonyl (C=O) groups excluding carboxylic acids is 2. The maximum absolute atomic E-state index is 12.8. The van der Waals surface area contributed by atoms with E-state index in [1.165, 1.54) is 4.68 Å². The van der Waals surface area contributed by atoms with Crippen LogP contribution in [0.25, 0.3) is 11.1 Å². The first-order chi connectivity index (χ1) is 13.6. The average molecular weight is 397 g/mol. The molecule has 1 aliphatic rings. The van der Waals surface area contributed by atoms with Crippen molar-refractivity contribution in [1.29, 1.82) is 0 Å². The summed E-state index contributed by atoms with van der Waals surface area (Å²) in [6.07, 6.45) is 1.62. The zero-order chi connectivity index (χ0) is 19.7. The van der Waals surface area contributed by atoms with Crippen LogP contribution in [0.5, 0.6) is 5.75 Å². The van der Waals surface area contributed by atoms with E-state index in [1.807, 2.05) is 24.3 Å². The molecule has 1 aromatic heterocycles. The summed E-state index contributed by atoms with van der Waals surface area (Å²) in [5.74, 6) is 0.522. The number of anilines is 2. The van der Waals surface area contributed by atoms with Gasteiger partial charge >= 0.3 is 0 Å². The van der Waals surface area contributed by atoms with E-state index in [4.69, 9.17) is 16.3 Å². The SMILES string of the molecule is COc1ccccc1-c1cnn2c1NC(=O)C[C@@H]2C(=O)Nc1cccc(Cl)c1. The second kappa shape index (κ2) is 7.36. The maximum atomic E-state index is 12.8. The van der Waals surface area contributed by atoms with Crippen LogP contribution in [0, 0.1) is 0 Å². The molecule has 4 rings (SSSR count). The van der Waals surface area contributed by atoms with E-state index in [0.717, 1.165) is 5.56 Å². The van der Waals surface area contributed by atoms with E-state index in [1.54, 1.807) is 37.6 Å². The van der Waals surface area contributed by atoms with Crippen molar-refractivity contribution in [3.05, 3.63) is 59.8 Å². The van der Waals surface area contributed by atoms with Crippen molar-refractivity contribution in [3.63, 3.8) is 0 Å². The lowest BCUT2D eigenvalue weighted by atomic mass is 10.1. The number of nitrogens with zero attached hydrogens (tertiary/aromatic N) is 2. The summed E-state index contributed by atoms with van der Waals surface area (Å²) in [6.45, 7) is 0. The van der Waals surface area contributed by atoms with Crippen LogP contribution in [-0.2, 0) is 9.59 Å². The summed E-state index contributed by atoms with van der Waals surface area (Å²) < 4.78 is 6.94. The molecule has 1 aliphatic heterocycles. The van der Waals surface area contributed by atoms with Gasteiger partial charge in [-0.2, -0.15) is 5.10 Å². The summed E-state index contributed by atoms with van der Waals surface area (Å²) in [4.78, 5) is 25.1. The maximum Gasteiger partial charge on any atom is 0.249 e. The highest BCUT2D eigenvalue weighted by molar-refractivity contribution is 6.30. The molecule has 0 radical (unpaired) electrons. The summed E-state index contributed by atoms with van der Waals surface area (Å²) >= 11 is 5.97. The van der Waals surface area contributed by atoms with Gasteiger partial charge in [0.25, 0.3) is 0 Å². The van der Waals surface area contributed by atoms with Crippen molar-refractivity contribution in [3.8, 4) is 16.9 Å². The average Bonchev–Trinajstić information content (AvgIpc) is 3.10. The largest absolute Gasteiger partial charge is 0.496 e. The fourth-order valence-electron chi connectivity index (χ4n) is 3.23. The van der Waals surface area contributed by atoms with E-state index in [-0.39, 0.29) is 18.2 Å². The Labute approximate surface area is 166 Å². The molecular weight excluding hydrogens is 380 g/mol. The van der Waals surface area contributed by atoms with Crippen LogP contribution < -0.4 is 15.4 Å². The van der Waals surface area contributed by atoms with Crippen molar-refractivity contribution < 1.29 is 14.3 Å². The number of hydrogen-bond acceptors (Lipinski definition) is 4. The van der Waals surface area contributed by atoms with Gasteiger partial charge in [-0.25, -0.2) is 4.68 Å². The fourth-order valence-corrected chi connectivity index (χ4v) is 3.42. The van der Waals surface area contributed by atoms with Crippen molar-refractivity contribution in [2.75, 3.05) is 17.7 Å². The van der Waals surface area contributed by atoms with E-state index in [0.29, 0.717) is 27.8 Å². The number of amides is 2. The molecule has 2 N–H and O–H groups in total. The first-order valence-electron chi connectivity index (χ1n) is 8.64. The minimum atomic E-state index is -0.772. The number of hydrogen-bond donors (Lipinski definition) is 2. The number of nitrogens with one attached hydrogen (secondary N) is 2. The summed E-state index contributed by atoms with van der Waals surface area (Å²) in [5.41, 5.74) is 2.02. The number of fused-ring (bicyclic) bond motifs is 1. The molecule has 2 aromatic carbocycles. The second-order valence-electron chi connectivity index (χ2n) is 6.32. The van der Waals surface area contributed by atoms with Gasteiger partial charge in [-0.1, -0.05) is 35.9 Å². The third-order valence-corrected chi connectivity index (χ3v) is 4.75. The van der Waals surface area contributed by atoms with Gasteiger partial charge in [0, 0.05) is 21.8 Å². The van der Waals surface area contributed by atoms with Crippen molar-refractivity contribution in [1.82, 2.24) is 9.78 Å². The molecule has 28 heavy (non-hydrogen) atoms. The van der Waals surface area contributed by atoms with Crippen LogP contribution in [0.2, 0.25) is 5.02 Å². The number of methoxy groups -OCH3 is 1. The van der Waals surface area contributed by atoms with Gasteiger partial charge in [0.05, 0.1) is 19.7 Å². The molecule has 0 saturated carbocycles. The van der Waals surface area contributed by atoms with E-state index in [2.05, 4.69) is 15.7 Å². The molecule has 0 aliphatic carbocycles. The number of rotatable bonds is 4. The zero-order valence-electron chi connectivity index (χ0n) is 15.0. The molecule has 0 saturated heterocycles. The monoisotopic (exact) mass is 396 g/mol. The predicted octanol–water partition coefficient (Wildman–Crippen LogP) is 3.73. The molecule has 0 fully saturated rings. The van der Waals surface area contributed by atoms with Gasteiger partial charge in [-0.15, -0.1) is 0 Å². The number of carbonyl (C=O) groups is 2. The lowest BCUT2D eigenvalue weighted by Gasteiger charge is -2.24. The Balaban J connectivity index is 1.69. The molecule has 3 aromatic rings. The van der Waals surface area contributed by atoms with E-state index >= 15 is 0 Å². The highest BCUT2D eigenvalue weighted by Crippen LogP contribution is 2.38. The second-order valence-corrected chi connectivity index (χ2v) is 6.76. The standard InChI is InChI=1S/C20H17ClN4O3/c1-28-17-8-3-2-7-14(17)15-11-22-25-16(10-18(26)24-19(15)25)20(27)23-13-6-4-5-12(21)9-13/h2-9,11,16H,10H2,1H3,(H,23,27)(H,24,26)/t16-/m1/s1. The Morgan fingerprint density at radius 3 is 2.86 bits per heavy atom. The number of benzene rings is 2. The molecule has 1 atom stereocenters. The minimum Gasteiger partial charge on any atom is -0.496 e. The Morgan fingerprint density at radius 1 is 1.25 bits per heavy atom. The Kier molecular flexibility index (Phi) is 4.75. The van der Waals surface area contributed by atoms with Crippen LogP contribution in [0.1, 0.15) is 12.5 Å². The lowest BCUT2D eigenvalue weighted by Crippen LogP contribution is -2.35. The van der Waals surface area contributed by atoms with Crippen LogP contribution in [0.4, 0.5) is 11.5 Å². The third-order valence-electron chi connectivity index (χ3n) is 4.52. The zero-order valence-corrected chi connectivity index (χ0v) is 15.7. The number of ether oxygens (including phenoxy) is 1. The van der Waals surface area contributed by atoms with Crippen molar-refractivity contribution in [2.24, 2.45) is 0 Å². The molecule has 2 amide bonds.